The number of benzene rings is 1. The third-order valence-corrected chi connectivity index (χ3v) is 2.71. The smallest absolute Gasteiger partial charge is 0.330 e. The van der Waals surface area contributed by atoms with E-state index in [1.807, 2.05) is 26.0 Å². The molecule has 0 aliphatic rings. The summed E-state index contributed by atoms with van der Waals surface area (Å²) in [5.41, 5.74) is 7.83. The number of hydrogen-bond donors (Lipinski definition) is 1. The standard InChI is InChI=1S/C12H16F3N/c1-8-3-4-10(9(2)5-8)6-11(7-16)12(13,14)15/h3-5,11H,6-7,16H2,1-2H3. The molecular weight excluding hydrogens is 215 g/mol. The average Bonchev–Trinajstić information content (AvgIpc) is 2.14. The summed E-state index contributed by atoms with van der Waals surface area (Å²) in [4.78, 5) is 0. The predicted molar refractivity (Wildman–Crippen MR) is 58.2 cm³/mol. The van der Waals surface area contributed by atoms with Gasteiger partial charge in [-0.05, 0) is 31.4 Å². The Balaban J connectivity index is 2.86. The molecule has 2 N–H and O–H groups in total. The second-order valence-electron chi connectivity index (χ2n) is 4.11. The first-order valence-electron chi connectivity index (χ1n) is 5.17. The lowest BCUT2D eigenvalue weighted by atomic mass is 9.94. The van der Waals surface area contributed by atoms with E-state index < -0.39 is 12.1 Å². The Labute approximate surface area is 93.5 Å². The maximum absolute atomic E-state index is 12.5. The van der Waals surface area contributed by atoms with Gasteiger partial charge in [0, 0.05) is 6.54 Å². The Morgan fingerprint density at radius 3 is 2.31 bits per heavy atom. The molecule has 90 valence electrons. The molecule has 1 rings (SSSR count). The highest BCUT2D eigenvalue weighted by Crippen LogP contribution is 2.29. The van der Waals surface area contributed by atoms with Crippen molar-refractivity contribution in [2.24, 2.45) is 11.7 Å². The summed E-state index contributed by atoms with van der Waals surface area (Å²) in [6, 6.07) is 5.46. The van der Waals surface area contributed by atoms with E-state index in [0.29, 0.717) is 0 Å². The van der Waals surface area contributed by atoms with Crippen molar-refractivity contribution in [2.75, 3.05) is 6.54 Å². The molecular formula is C12H16F3N. The first kappa shape index (κ1) is 13.0. The molecule has 1 atom stereocenters. The molecule has 4 heteroatoms. The van der Waals surface area contributed by atoms with Crippen LogP contribution < -0.4 is 5.73 Å². The molecule has 1 unspecified atom stereocenters. The number of hydrogen-bond acceptors (Lipinski definition) is 1. The first-order valence-corrected chi connectivity index (χ1v) is 5.17. The Morgan fingerprint density at radius 2 is 1.88 bits per heavy atom. The number of nitrogens with two attached hydrogens (primary N) is 1. The number of rotatable bonds is 3. The average molecular weight is 231 g/mol. The third kappa shape index (κ3) is 3.23. The molecule has 0 aromatic heterocycles. The number of aryl methyl sites for hydroxylation is 2. The van der Waals surface area contributed by atoms with E-state index in [9.17, 15) is 13.2 Å². The quantitative estimate of drug-likeness (QED) is 0.850. The largest absolute Gasteiger partial charge is 0.393 e. The van der Waals surface area contributed by atoms with Crippen LogP contribution in [0.4, 0.5) is 13.2 Å². The topological polar surface area (TPSA) is 26.0 Å². The maximum atomic E-state index is 12.5. The zero-order valence-corrected chi connectivity index (χ0v) is 9.43. The van der Waals surface area contributed by atoms with Crippen LogP contribution in [0.3, 0.4) is 0 Å². The van der Waals surface area contributed by atoms with Crippen LogP contribution in [-0.4, -0.2) is 12.7 Å². The molecule has 0 fully saturated rings. The van der Waals surface area contributed by atoms with Crippen molar-refractivity contribution in [2.45, 2.75) is 26.4 Å². The Kier molecular flexibility index (Phi) is 3.97. The number of alkyl halides is 3. The Hall–Kier alpha value is -1.03. The van der Waals surface area contributed by atoms with E-state index in [1.54, 1.807) is 6.07 Å². The minimum atomic E-state index is -4.22. The van der Waals surface area contributed by atoms with E-state index in [1.165, 1.54) is 0 Å². The molecule has 1 aromatic carbocycles. The lowest BCUT2D eigenvalue weighted by Crippen LogP contribution is -2.32. The van der Waals surface area contributed by atoms with Crippen molar-refractivity contribution in [1.29, 1.82) is 0 Å². The molecule has 1 aromatic rings. The molecule has 0 saturated heterocycles. The van der Waals surface area contributed by atoms with Gasteiger partial charge < -0.3 is 5.73 Å². The second kappa shape index (κ2) is 4.87. The van der Waals surface area contributed by atoms with Gasteiger partial charge in [-0.25, -0.2) is 0 Å². The summed E-state index contributed by atoms with van der Waals surface area (Å²) in [6.45, 7) is 3.38. The predicted octanol–water partition coefficient (Wildman–Crippen LogP) is 2.98. The fourth-order valence-corrected chi connectivity index (χ4v) is 1.67. The van der Waals surface area contributed by atoms with E-state index in [2.05, 4.69) is 0 Å². The van der Waals surface area contributed by atoms with Gasteiger partial charge in [-0.2, -0.15) is 13.2 Å². The monoisotopic (exact) mass is 231 g/mol. The molecule has 0 aliphatic heterocycles. The maximum Gasteiger partial charge on any atom is 0.393 e. The summed E-state index contributed by atoms with van der Waals surface area (Å²) in [5.74, 6) is -1.45. The lowest BCUT2D eigenvalue weighted by molar-refractivity contribution is -0.171. The molecule has 0 heterocycles. The van der Waals surface area contributed by atoms with Crippen molar-refractivity contribution < 1.29 is 13.2 Å². The van der Waals surface area contributed by atoms with E-state index in [4.69, 9.17) is 5.73 Å². The summed E-state index contributed by atoms with van der Waals surface area (Å²) in [7, 11) is 0. The molecule has 0 radical (unpaired) electrons. The molecule has 16 heavy (non-hydrogen) atoms. The van der Waals surface area contributed by atoms with Gasteiger partial charge >= 0.3 is 6.18 Å². The highest BCUT2D eigenvalue weighted by molar-refractivity contribution is 5.30. The van der Waals surface area contributed by atoms with Gasteiger partial charge in [0.15, 0.2) is 0 Å². The van der Waals surface area contributed by atoms with Crippen molar-refractivity contribution in [3.63, 3.8) is 0 Å². The zero-order valence-electron chi connectivity index (χ0n) is 9.43. The van der Waals surface area contributed by atoms with Crippen LogP contribution in [0.1, 0.15) is 16.7 Å². The van der Waals surface area contributed by atoms with Gasteiger partial charge in [-0.1, -0.05) is 23.8 Å². The van der Waals surface area contributed by atoms with Crippen LogP contribution in [0.25, 0.3) is 0 Å². The summed E-state index contributed by atoms with van der Waals surface area (Å²) >= 11 is 0. The molecule has 0 amide bonds. The van der Waals surface area contributed by atoms with Crippen molar-refractivity contribution in [1.82, 2.24) is 0 Å². The molecule has 1 nitrogen and oxygen atoms in total. The van der Waals surface area contributed by atoms with E-state index in [0.717, 1.165) is 16.7 Å². The van der Waals surface area contributed by atoms with Crippen LogP contribution in [0.5, 0.6) is 0 Å². The van der Waals surface area contributed by atoms with Crippen molar-refractivity contribution in [3.8, 4) is 0 Å². The van der Waals surface area contributed by atoms with Crippen LogP contribution in [0.2, 0.25) is 0 Å². The van der Waals surface area contributed by atoms with Gasteiger partial charge in [0.25, 0.3) is 0 Å². The summed E-state index contributed by atoms with van der Waals surface area (Å²) in [5, 5.41) is 0. The van der Waals surface area contributed by atoms with Crippen LogP contribution in [-0.2, 0) is 6.42 Å². The van der Waals surface area contributed by atoms with Gasteiger partial charge in [0.1, 0.15) is 0 Å². The zero-order chi connectivity index (χ0) is 12.3. The molecule has 0 spiro atoms. The van der Waals surface area contributed by atoms with Crippen LogP contribution in [0.15, 0.2) is 18.2 Å². The summed E-state index contributed by atoms with van der Waals surface area (Å²) < 4.78 is 37.6. The van der Waals surface area contributed by atoms with Gasteiger partial charge in [-0.15, -0.1) is 0 Å². The van der Waals surface area contributed by atoms with Crippen LogP contribution >= 0.6 is 0 Å². The van der Waals surface area contributed by atoms with Crippen molar-refractivity contribution >= 4 is 0 Å². The molecule has 0 saturated carbocycles. The SMILES string of the molecule is Cc1ccc(CC(CN)C(F)(F)F)c(C)c1. The van der Waals surface area contributed by atoms with Crippen LogP contribution in [0, 0.1) is 19.8 Å². The Bertz CT molecular complexity index is 358. The molecule has 0 bridgehead atoms. The first-order chi connectivity index (χ1) is 7.34. The molecule has 0 aliphatic carbocycles. The Morgan fingerprint density at radius 1 is 1.25 bits per heavy atom. The van der Waals surface area contributed by atoms with E-state index in [-0.39, 0.29) is 13.0 Å². The normalized spacial score (nSPS) is 13.9. The highest BCUT2D eigenvalue weighted by atomic mass is 19.4. The fraction of sp³-hybridized carbons (Fsp3) is 0.500. The number of halogens is 3. The minimum absolute atomic E-state index is 0.0356. The van der Waals surface area contributed by atoms with Gasteiger partial charge in [-0.3, -0.25) is 0 Å². The van der Waals surface area contributed by atoms with E-state index >= 15 is 0 Å². The minimum Gasteiger partial charge on any atom is -0.330 e. The van der Waals surface area contributed by atoms with Crippen molar-refractivity contribution in [3.05, 3.63) is 34.9 Å². The highest BCUT2D eigenvalue weighted by Gasteiger charge is 2.38. The summed E-state index contributed by atoms with van der Waals surface area (Å²) in [6.07, 6.45) is -4.25. The van der Waals surface area contributed by atoms with Gasteiger partial charge in [0.05, 0.1) is 5.92 Å². The van der Waals surface area contributed by atoms with Gasteiger partial charge in [0.2, 0.25) is 0 Å². The lowest BCUT2D eigenvalue weighted by Gasteiger charge is -2.19. The second-order valence-corrected chi connectivity index (χ2v) is 4.11. The fourth-order valence-electron chi connectivity index (χ4n) is 1.67. The third-order valence-electron chi connectivity index (χ3n) is 2.71.